The van der Waals surface area contributed by atoms with E-state index in [2.05, 4.69) is 52.0 Å². The number of aryl methyl sites for hydroxylation is 1. The summed E-state index contributed by atoms with van der Waals surface area (Å²) >= 11 is 5.39. The highest BCUT2D eigenvalue weighted by molar-refractivity contribution is 7.71. The Hall–Kier alpha value is -2.71. The lowest BCUT2D eigenvalue weighted by Crippen LogP contribution is -2.05. The van der Waals surface area contributed by atoms with Crippen LogP contribution >= 0.6 is 12.2 Å². The predicted molar refractivity (Wildman–Crippen MR) is 106 cm³/mol. The number of nitrogens with zero attached hydrogens (tertiary/aromatic N) is 3. The second-order valence-electron chi connectivity index (χ2n) is 6.34. The summed E-state index contributed by atoms with van der Waals surface area (Å²) in [7, 11) is 0. The third kappa shape index (κ3) is 4.09. The van der Waals surface area contributed by atoms with Crippen LogP contribution in [-0.4, -0.2) is 14.8 Å². The van der Waals surface area contributed by atoms with E-state index in [0.717, 1.165) is 35.4 Å². The van der Waals surface area contributed by atoms with E-state index in [1.807, 2.05) is 24.3 Å². The van der Waals surface area contributed by atoms with Crippen LogP contribution < -0.4 is 0 Å². The molecule has 0 aliphatic carbocycles. The highest BCUT2D eigenvalue weighted by atomic mass is 32.1. The van der Waals surface area contributed by atoms with E-state index in [1.54, 1.807) is 0 Å². The lowest BCUT2D eigenvalue weighted by molar-refractivity contribution is 0.648. The summed E-state index contributed by atoms with van der Waals surface area (Å²) in [6, 6.07) is 18.2. The van der Waals surface area contributed by atoms with Gasteiger partial charge in [0.1, 0.15) is 5.82 Å². The van der Waals surface area contributed by atoms with Crippen LogP contribution in [0.5, 0.6) is 0 Å². The fraction of sp³-hybridized carbons (Fsp3) is 0.286. The van der Waals surface area contributed by atoms with Gasteiger partial charge in [-0.2, -0.15) is 10.4 Å². The summed E-state index contributed by atoms with van der Waals surface area (Å²) < 4.78 is 2.74. The molecule has 0 atom stereocenters. The normalized spacial score (nSPS) is 10.6. The highest BCUT2D eigenvalue weighted by Crippen LogP contribution is 2.23. The molecule has 0 unspecified atom stereocenters. The van der Waals surface area contributed by atoms with E-state index < -0.39 is 0 Å². The molecule has 0 amide bonds. The summed E-state index contributed by atoms with van der Waals surface area (Å²) in [6.07, 6.45) is 4.46. The van der Waals surface area contributed by atoms with Crippen molar-refractivity contribution in [3.8, 4) is 17.2 Å². The van der Waals surface area contributed by atoms with Gasteiger partial charge < -0.3 is 0 Å². The number of hydrogen-bond acceptors (Lipinski definition) is 3. The van der Waals surface area contributed by atoms with Crippen molar-refractivity contribution < 1.29 is 0 Å². The summed E-state index contributed by atoms with van der Waals surface area (Å²) in [5, 5.41) is 16.6. The number of unbranched alkanes of at least 4 members (excludes halogenated alkanes) is 2. The minimum absolute atomic E-state index is 0.662. The molecule has 1 aromatic heterocycles. The van der Waals surface area contributed by atoms with Crippen LogP contribution in [0.2, 0.25) is 0 Å². The quantitative estimate of drug-likeness (QED) is 0.461. The summed E-state index contributed by atoms with van der Waals surface area (Å²) in [6.45, 7) is 2.90. The van der Waals surface area contributed by atoms with Crippen molar-refractivity contribution in [1.82, 2.24) is 14.8 Å². The SMILES string of the molecule is CCCCCc1n[nH]c(=S)n1Cc1ccc(-c2ccccc2C#N)cc1. The number of benzene rings is 2. The maximum Gasteiger partial charge on any atom is 0.195 e. The average Bonchev–Trinajstić information content (AvgIpc) is 3.02. The predicted octanol–water partition coefficient (Wildman–Crippen LogP) is 5.26. The molecule has 0 radical (unpaired) electrons. The minimum atomic E-state index is 0.662. The van der Waals surface area contributed by atoms with E-state index in [9.17, 15) is 5.26 Å². The molecular weight excluding hydrogens is 340 g/mol. The van der Waals surface area contributed by atoms with E-state index in [4.69, 9.17) is 12.2 Å². The van der Waals surface area contributed by atoms with Gasteiger partial charge in [-0.1, -0.05) is 62.2 Å². The third-order valence-corrected chi connectivity index (χ3v) is 4.81. The number of rotatable bonds is 7. The van der Waals surface area contributed by atoms with Crippen molar-refractivity contribution in [2.24, 2.45) is 0 Å². The Balaban J connectivity index is 1.79. The third-order valence-electron chi connectivity index (χ3n) is 4.49. The second kappa shape index (κ2) is 8.59. The van der Waals surface area contributed by atoms with Gasteiger partial charge in [0.2, 0.25) is 0 Å². The number of aromatic amines is 1. The smallest absolute Gasteiger partial charge is 0.195 e. The van der Waals surface area contributed by atoms with Gasteiger partial charge in [0.05, 0.1) is 18.2 Å². The van der Waals surface area contributed by atoms with Gasteiger partial charge in [-0.3, -0.25) is 9.67 Å². The van der Waals surface area contributed by atoms with Gasteiger partial charge in [0.25, 0.3) is 0 Å². The van der Waals surface area contributed by atoms with Crippen molar-refractivity contribution in [3.05, 3.63) is 70.3 Å². The maximum absolute atomic E-state index is 9.28. The molecule has 0 aliphatic heterocycles. The van der Waals surface area contributed by atoms with Crippen LogP contribution in [-0.2, 0) is 13.0 Å². The Morgan fingerprint density at radius 1 is 1.12 bits per heavy atom. The van der Waals surface area contributed by atoms with Crippen LogP contribution in [0.4, 0.5) is 0 Å². The average molecular weight is 363 g/mol. The Bertz CT molecular complexity index is 961. The van der Waals surface area contributed by atoms with E-state index in [-0.39, 0.29) is 0 Å². The lowest BCUT2D eigenvalue weighted by Gasteiger charge is -2.09. The number of hydrogen-bond donors (Lipinski definition) is 1. The molecule has 132 valence electrons. The molecular formula is C21H22N4S. The van der Waals surface area contributed by atoms with Crippen molar-refractivity contribution >= 4 is 12.2 Å². The lowest BCUT2D eigenvalue weighted by atomic mass is 9.99. The van der Waals surface area contributed by atoms with Gasteiger partial charge in [0, 0.05) is 6.42 Å². The van der Waals surface area contributed by atoms with E-state index in [0.29, 0.717) is 16.9 Å². The highest BCUT2D eigenvalue weighted by Gasteiger charge is 2.08. The van der Waals surface area contributed by atoms with Crippen LogP contribution in [0.25, 0.3) is 11.1 Å². The van der Waals surface area contributed by atoms with Crippen molar-refractivity contribution in [1.29, 1.82) is 5.26 Å². The van der Waals surface area contributed by atoms with Crippen molar-refractivity contribution in [2.45, 2.75) is 39.2 Å². The molecule has 5 heteroatoms. The molecule has 3 rings (SSSR count). The number of aromatic nitrogens is 3. The zero-order chi connectivity index (χ0) is 18.4. The molecule has 0 saturated heterocycles. The molecule has 26 heavy (non-hydrogen) atoms. The Morgan fingerprint density at radius 3 is 2.62 bits per heavy atom. The molecule has 0 aliphatic rings. The van der Waals surface area contributed by atoms with Crippen LogP contribution in [0, 0.1) is 16.1 Å². The molecule has 0 saturated carbocycles. The molecule has 3 aromatic rings. The molecule has 4 nitrogen and oxygen atoms in total. The van der Waals surface area contributed by atoms with E-state index in [1.165, 1.54) is 12.8 Å². The Labute approximate surface area is 159 Å². The van der Waals surface area contributed by atoms with Gasteiger partial charge in [-0.05, 0) is 41.4 Å². The standard InChI is InChI=1S/C21H22N4S/c1-2-3-4-9-20-23-24-21(26)25(20)15-16-10-12-17(13-11-16)19-8-6-5-7-18(19)14-22/h5-8,10-13H,2-4,9,15H2,1H3,(H,24,26). The molecule has 2 aromatic carbocycles. The van der Waals surface area contributed by atoms with E-state index >= 15 is 0 Å². The molecule has 0 spiro atoms. The summed E-state index contributed by atoms with van der Waals surface area (Å²) in [5.41, 5.74) is 3.86. The Morgan fingerprint density at radius 2 is 1.88 bits per heavy atom. The maximum atomic E-state index is 9.28. The first kappa shape index (κ1) is 18.1. The monoisotopic (exact) mass is 362 g/mol. The first-order chi connectivity index (χ1) is 12.7. The zero-order valence-electron chi connectivity index (χ0n) is 14.9. The number of nitrogens with one attached hydrogen (secondary N) is 1. The number of nitriles is 1. The summed E-state index contributed by atoms with van der Waals surface area (Å²) in [4.78, 5) is 0. The van der Waals surface area contributed by atoms with Gasteiger partial charge in [-0.25, -0.2) is 0 Å². The van der Waals surface area contributed by atoms with Crippen molar-refractivity contribution in [2.75, 3.05) is 0 Å². The first-order valence-corrected chi connectivity index (χ1v) is 9.36. The topological polar surface area (TPSA) is 57.4 Å². The van der Waals surface area contributed by atoms with Crippen LogP contribution in [0.3, 0.4) is 0 Å². The van der Waals surface area contributed by atoms with Crippen LogP contribution in [0.1, 0.15) is 43.1 Å². The van der Waals surface area contributed by atoms with Crippen molar-refractivity contribution in [3.63, 3.8) is 0 Å². The first-order valence-electron chi connectivity index (χ1n) is 8.95. The van der Waals surface area contributed by atoms with Gasteiger partial charge >= 0.3 is 0 Å². The molecule has 1 heterocycles. The Kier molecular flexibility index (Phi) is 5.98. The zero-order valence-corrected chi connectivity index (χ0v) is 15.7. The second-order valence-corrected chi connectivity index (χ2v) is 6.73. The van der Waals surface area contributed by atoms with Crippen LogP contribution in [0.15, 0.2) is 48.5 Å². The van der Waals surface area contributed by atoms with Gasteiger partial charge in [-0.15, -0.1) is 0 Å². The molecule has 0 fully saturated rings. The fourth-order valence-corrected chi connectivity index (χ4v) is 3.26. The fourth-order valence-electron chi connectivity index (χ4n) is 3.04. The number of H-pyrrole nitrogens is 1. The largest absolute Gasteiger partial charge is 0.300 e. The molecule has 0 bridgehead atoms. The summed E-state index contributed by atoms with van der Waals surface area (Å²) in [5.74, 6) is 1.02. The minimum Gasteiger partial charge on any atom is -0.300 e. The molecule has 1 N–H and O–H groups in total. The van der Waals surface area contributed by atoms with Gasteiger partial charge in [0.15, 0.2) is 4.77 Å².